The molecule has 3 atom stereocenters. The number of carboxylic acids is 1. The summed E-state index contributed by atoms with van der Waals surface area (Å²) in [6.07, 6.45) is 14.5. The molecule has 0 fully saturated rings. The molecule has 0 aliphatic rings. The molecule has 144 valence electrons. The van der Waals surface area contributed by atoms with Crippen LogP contribution in [0.2, 0.25) is 0 Å². The molecule has 0 saturated carbocycles. The SMILES string of the molecule is CCCCC/C=C/CC(O)C(O)/C=C/C(O)C/C=C/CCCC(=O)O. The minimum atomic E-state index is -1.01. The second kappa shape index (κ2) is 16.1. The van der Waals surface area contributed by atoms with Crippen molar-refractivity contribution in [1.29, 1.82) is 0 Å². The monoisotopic (exact) mass is 354 g/mol. The highest BCUT2D eigenvalue weighted by Crippen LogP contribution is 2.06. The zero-order chi connectivity index (χ0) is 18.9. The summed E-state index contributed by atoms with van der Waals surface area (Å²) in [6.45, 7) is 2.15. The third-order valence-corrected chi connectivity index (χ3v) is 3.75. The molecule has 0 aromatic carbocycles. The molecule has 5 heteroatoms. The van der Waals surface area contributed by atoms with Crippen molar-refractivity contribution in [2.45, 2.75) is 83.0 Å². The molecule has 0 aromatic heterocycles. The van der Waals surface area contributed by atoms with Crippen molar-refractivity contribution in [3.63, 3.8) is 0 Å². The van der Waals surface area contributed by atoms with Gasteiger partial charge in [-0.3, -0.25) is 4.79 Å². The van der Waals surface area contributed by atoms with E-state index in [0.29, 0.717) is 25.7 Å². The van der Waals surface area contributed by atoms with Crippen LogP contribution in [-0.2, 0) is 4.79 Å². The summed E-state index contributed by atoms with van der Waals surface area (Å²) in [5.74, 6) is -0.806. The molecule has 0 bridgehead atoms. The molecule has 4 N–H and O–H groups in total. The summed E-state index contributed by atoms with van der Waals surface area (Å²) in [5.41, 5.74) is 0. The second-order valence-electron chi connectivity index (χ2n) is 6.21. The number of aliphatic hydroxyl groups is 3. The molecule has 0 radical (unpaired) electrons. The summed E-state index contributed by atoms with van der Waals surface area (Å²) in [4.78, 5) is 10.3. The molecule has 0 rings (SSSR count). The third kappa shape index (κ3) is 15.8. The minimum absolute atomic E-state index is 0.143. The highest BCUT2D eigenvalue weighted by atomic mass is 16.4. The number of hydrogen-bond acceptors (Lipinski definition) is 4. The van der Waals surface area contributed by atoms with Gasteiger partial charge in [0.05, 0.1) is 18.3 Å². The summed E-state index contributed by atoms with van der Waals surface area (Å²) in [6, 6.07) is 0. The fraction of sp³-hybridized carbons (Fsp3) is 0.650. The van der Waals surface area contributed by atoms with E-state index >= 15 is 0 Å². The van der Waals surface area contributed by atoms with Crippen LogP contribution in [0.1, 0.15) is 64.7 Å². The summed E-state index contributed by atoms with van der Waals surface area (Å²) < 4.78 is 0. The predicted octanol–water partition coefficient (Wildman–Crippen LogP) is 3.35. The van der Waals surface area contributed by atoms with Crippen LogP contribution in [0.15, 0.2) is 36.5 Å². The highest BCUT2D eigenvalue weighted by molar-refractivity contribution is 5.66. The topological polar surface area (TPSA) is 98.0 Å². The smallest absolute Gasteiger partial charge is 0.303 e. The number of allylic oxidation sites excluding steroid dienone is 2. The van der Waals surface area contributed by atoms with Gasteiger partial charge >= 0.3 is 5.97 Å². The Hall–Kier alpha value is -1.43. The Balaban J connectivity index is 3.91. The molecule has 0 aliphatic carbocycles. The number of unbranched alkanes of at least 4 members (excludes halogenated alkanes) is 4. The molecular weight excluding hydrogens is 320 g/mol. The Bertz CT molecular complexity index is 414. The Morgan fingerprint density at radius 2 is 1.52 bits per heavy atom. The lowest BCUT2D eigenvalue weighted by atomic mass is 10.1. The maximum atomic E-state index is 10.3. The van der Waals surface area contributed by atoms with Crippen molar-refractivity contribution in [2.75, 3.05) is 0 Å². The van der Waals surface area contributed by atoms with Crippen LogP contribution in [0.5, 0.6) is 0 Å². The van der Waals surface area contributed by atoms with E-state index in [2.05, 4.69) is 6.92 Å². The van der Waals surface area contributed by atoms with E-state index in [1.807, 2.05) is 18.2 Å². The Labute approximate surface area is 151 Å². The Kier molecular flexibility index (Phi) is 15.1. The first-order chi connectivity index (χ1) is 12.0. The van der Waals surface area contributed by atoms with Gasteiger partial charge < -0.3 is 20.4 Å². The molecular formula is C20H34O5. The van der Waals surface area contributed by atoms with Crippen molar-refractivity contribution in [1.82, 2.24) is 0 Å². The van der Waals surface area contributed by atoms with Crippen LogP contribution < -0.4 is 0 Å². The lowest BCUT2D eigenvalue weighted by Crippen LogP contribution is -2.23. The van der Waals surface area contributed by atoms with Gasteiger partial charge in [-0.05, 0) is 38.5 Å². The first-order valence-corrected chi connectivity index (χ1v) is 9.21. The van der Waals surface area contributed by atoms with E-state index < -0.39 is 24.3 Å². The van der Waals surface area contributed by atoms with Gasteiger partial charge in [-0.15, -0.1) is 0 Å². The molecule has 0 spiro atoms. The van der Waals surface area contributed by atoms with Gasteiger partial charge in [-0.25, -0.2) is 0 Å². The average molecular weight is 354 g/mol. The van der Waals surface area contributed by atoms with Gasteiger partial charge in [-0.2, -0.15) is 0 Å². The van der Waals surface area contributed by atoms with Crippen LogP contribution in [0.25, 0.3) is 0 Å². The fourth-order valence-corrected chi connectivity index (χ4v) is 2.18. The van der Waals surface area contributed by atoms with Crippen molar-refractivity contribution in [3.8, 4) is 0 Å². The van der Waals surface area contributed by atoms with Crippen molar-refractivity contribution in [3.05, 3.63) is 36.5 Å². The van der Waals surface area contributed by atoms with Crippen LogP contribution in [0.3, 0.4) is 0 Å². The molecule has 5 nitrogen and oxygen atoms in total. The number of hydrogen-bond donors (Lipinski definition) is 4. The standard InChI is InChI=1S/C20H34O5/c1-2-3-4-5-6-10-13-18(22)19(23)16-15-17(21)12-9-7-8-11-14-20(24)25/h6-7,9-10,15-19,21-23H,2-5,8,11-14H2,1H3,(H,24,25)/b9-7+,10-6+,16-15+. The first-order valence-electron chi connectivity index (χ1n) is 9.21. The van der Waals surface area contributed by atoms with E-state index in [9.17, 15) is 20.1 Å². The fourth-order valence-electron chi connectivity index (χ4n) is 2.18. The summed E-state index contributed by atoms with van der Waals surface area (Å²) in [5, 5.41) is 38.0. The lowest BCUT2D eigenvalue weighted by Gasteiger charge is -2.13. The third-order valence-electron chi connectivity index (χ3n) is 3.75. The number of carboxylic acid groups (broad SMARTS) is 1. The molecule has 0 saturated heterocycles. The average Bonchev–Trinajstić information content (AvgIpc) is 2.58. The number of aliphatic hydroxyl groups excluding tert-OH is 3. The van der Waals surface area contributed by atoms with Gasteiger partial charge in [0.2, 0.25) is 0 Å². The van der Waals surface area contributed by atoms with Crippen LogP contribution in [-0.4, -0.2) is 44.7 Å². The number of rotatable bonds is 15. The van der Waals surface area contributed by atoms with Crippen molar-refractivity contribution >= 4 is 5.97 Å². The Morgan fingerprint density at radius 1 is 0.880 bits per heavy atom. The van der Waals surface area contributed by atoms with E-state index in [0.717, 1.165) is 12.8 Å². The van der Waals surface area contributed by atoms with Gasteiger partial charge in [-0.1, -0.05) is 56.2 Å². The van der Waals surface area contributed by atoms with Crippen molar-refractivity contribution < 1.29 is 25.2 Å². The first kappa shape index (κ1) is 23.6. The maximum absolute atomic E-state index is 10.3. The van der Waals surface area contributed by atoms with Crippen LogP contribution in [0, 0.1) is 0 Å². The van der Waals surface area contributed by atoms with E-state index in [1.54, 1.807) is 6.08 Å². The second-order valence-corrected chi connectivity index (χ2v) is 6.21. The summed E-state index contributed by atoms with van der Waals surface area (Å²) >= 11 is 0. The lowest BCUT2D eigenvalue weighted by molar-refractivity contribution is -0.137. The summed E-state index contributed by atoms with van der Waals surface area (Å²) in [7, 11) is 0. The zero-order valence-electron chi connectivity index (χ0n) is 15.3. The van der Waals surface area contributed by atoms with E-state index in [-0.39, 0.29) is 6.42 Å². The van der Waals surface area contributed by atoms with Crippen LogP contribution >= 0.6 is 0 Å². The predicted molar refractivity (Wildman–Crippen MR) is 100 cm³/mol. The normalized spacial score (nSPS) is 16.0. The molecule has 0 aromatic rings. The van der Waals surface area contributed by atoms with Crippen LogP contribution in [0.4, 0.5) is 0 Å². The zero-order valence-corrected chi connectivity index (χ0v) is 15.3. The van der Waals surface area contributed by atoms with Gasteiger partial charge in [0, 0.05) is 6.42 Å². The van der Waals surface area contributed by atoms with Gasteiger partial charge in [0.15, 0.2) is 0 Å². The van der Waals surface area contributed by atoms with Crippen molar-refractivity contribution in [2.24, 2.45) is 0 Å². The maximum Gasteiger partial charge on any atom is 0.303 e. The highest BCUT2D eigenvalue weighted by Gasteiger charge is 2.11. The van der Waals surface area contributed by atoms with E-state index in [1.165, 1.54) is 25.0 Å². The quantitative estimate of drug-likeness (QED) is 0.267. The van der Waals surface area contributed by atoms with E-state index in [4.69, 9.17) is 5.11 Å². The molecule has 0 amide bonds. The number of carbonyl (C=O) groups is 1. The molecule has 0 aliphatic heterocycles. The van der Waals surface area contributed by atoms with Gasteiger partial charge in [0.1, 0.15) is 0 Å². The Morgan fingerprint density at radius 3 is 2.16 bits per heavy atom. The van der Waals surface area contributed by atoms with Gasteiger partial charge in [0.25, 0.3) is 0 Å². The largest absolute Gasteiger partial charge is 0.481 e. The molecule has 25 heavy (non-hydrogen) atoms. The molecule has 0 heterocycles. The minimum Gasteiger partial charge on any atom is -0.481 e. The molecule has 3 unspecified atom stereocenters. The number of aliphatic carboxylic acids is 1.